The minimum absolute atomic E-state index is 0.0800. The molecule has 2 aromatic rings. The molecule has 2 aromatic carbocycles. The lowest BCUT2D eigenvalue weighted by molar-refractivity contribution is 0.142. The van der Waals surface area contributed by atoms with E-state index >= 15 is 0 Å². The van der Waals surface area contributed by atoms with Crippen LogP contribution in [0.4, 0.5) is 4.79 Å². The van der Waals surface area contributed by atoms with Crippen molar-refractivity contribution in [3.8, 4) is 17.2 Å². The second-order valence-electron chi connectivity index (χ2n) is 8.50. The van der Waals surface area contributed by atoms with Crippen molar-refractivity contribution in [1.82, 2.24) is 5.32 Å². The number of rotatable bonds is 14. The first-order valence-electron chi connectivity index (χ1n) is 12.1. The summed E-state index contributed by atoms with van der Waals surface area (Å²) in [7, 11) is -0.926. The highest BCUT2D eigenvalue weighted by molar-refractivity contribution is 7.46. The second kappa shape index (κ2) is 14.1. The number of nitrogens with one attached hydrogen (secondary N) is 1. The Kier molecular flexibility index (Phi) is 10.8. The van der Waals surface area contributed by atoms with Gasteiger partial charge in [-0.15, -0.1) is 0 Å². The lowest BCUT2D eigenvalue weighted by Crippen LogP contribution is -2.27. The molecule has 1 amide bonds. The maximum atomic E-state index is 12.3. The van der Waals surface area contributed by atoms with Crippen molar-refractivity contribution in [1.29, 1.82) is 5.26 Å². The van der Waals surface area contributed by atoms with Gasteiger partial charge in [0.2, 0.25) is 0 Å². The van der Waals surface area contributed by atoms with Crippen LogP contribution in [-0.4, -0.2) is 39.1 Å². The molecule has 182 valence electrons. The van der Waals surface area contributed by atoms with Gasteiger partial charge >= 0.3 is 6.09 Å². The van der Waals surface area contributed by atoms with Crippen LogP contribution in [0, 0.1) is 17.2 Å². The van der Waals surface area contributed by atoms with E-state index in [4.69, 9.17) is 19.0 Å². The monoisotopic (exact) mass is 482 g/mol. The number of carbonyl (C=O) groups is 1. The Balaban J connectivity index is 1.32. The minimum Gasteiger partial charge on any atom is -0.449 e. The summed E-state index contributed by atoms with van der Waals surface area (Å²) in [5.74, 6) is 0.551. The molecule has 0 radical (unpaired) electrons. The molecule has 0 saturated heterocycles. The van der Waals surface area contributed by atoms with E-state index in [0.717, 1.165) is 25.7 Å². The number of carbonyl (C=O) groups excluding carboxylic acids is 1. The van der Waals surface area contributed by atoms with E-state index in [0.29, 0.717) is 38.7 Å². The molecular formula is C27H35N2O4P. The zero-order chi connectivity index (χ0) is 24.2. The first-order valence-corrected chi connectivity index (χ1v) is 13.7. The van der Waals surface area contributed by atoms with Gasteiger partial charge in [0.05, 0.1) is 25.7 Å². The van der Waals surface area contributed by atoms with Crippen LogP contribution in [0.2, 0.25) is 0 Å². The van der Waals surface area contributed by atoms with Gasteiger partial charge < -0.3 is 19.1 Å². The first kappa shape index (κ1) is 26.2. The third-order valence-electron chi connectivity index (χ3n) is 6.21. The van der Waals surface area contributed by atoms with E-state index in [-0.39, 0.29) is 12.0 Å². The molecular weight excluding hydrogens is 447 g/mol. The zero-order valence-electron chi connectivity index (χ0n) is 20.2. The largest absolute Gasteiger partial charge is 0.449 e. The highest BCUT2D eigenvalue weighted by Crippen LogP contribution is 2.44. The summed E-state index contributed by atoms with van der Waals surface area (Å²) in [6.07, 6.45) is 4.04. The van der Waals surface area contributed by atoms with Crippen molar-refractivity contribution in [2.45, 2.75) is 44.9 Å². The van der Waals surface area contributed by atoms with Crippen molar-refractivity contribution >= 4 is 14.5 Å². The molecule has 0 aliphatic heterocycles. The molecule has 3 rings (SSSR count). The van der Waals surface area contributed by atoms with Crippen molar-refractivity contribution in [2.75, 3.05) is 33.0 Å². The molecule has 0 saturated carbocycles. The molecule has 0 fully saturated rings. The van der Waals surface area contributed by atoms with Crippen LogP contribution in [0.5, 0.6) is 0 Å². The number of ether oxygens (including phenoxy) is 1. The Morgan fingerprint density at radius 1 is 1.09 bits per heavy atom. The van der Waals surface area contributed by atoms with E-state index in [2.05, 4.69) is 42.6 Å². The Bertz CT molecular complexity index is 916. The maximum absolute atomic E-state index is 12.3. The van der Waals surface area contributed by atoms with Crippen LogP contribution in [0.1, 0.15) is 56.1 Å². The molecule has 0 aromatic heterocycles. The molecule has 34 heavy (non-hydrogen) atoms. The summed E-state index contributed by atoms with van der Waals surface area (Å²) in [5.41, 5.74) is 4.89. The third-order valence-corrected chi connectivity index (χ3v) is 7.27. The average molecular weight is 483 g/mol. The second-order valence-corrected chi connectivity index (χ2v) is 9.89. The van der Waals surface area contributed by atoms with E-state index in [1.807, 2.05) is 30.9 Å². The van der Waals surface area contributed by atoms with Gasteiger partial charge in [-0.3, -0.25) is 0 Å². The number of fused-ring (bicyclic) bond motifs is 3. The Morgan fingerprint density at radius 2 is 1.76 bits per heavy atom. The van der Waals surface area contributed by atoms with Gasteiger partial charge in [0.1, 0.15) is 6.61 Å². The number of nitrogens with zero attached hydrogens (tertiary/aromatic N) is 1. The molecule has 6 nitrogen and oxygen atoms in total. The fraction of sp³-hybridized carbons (Fsp3) is 0.481. The summed E-state index contributed by atoms with van der Waals surface area (Å²) < 4.78 is 16.9. The highest BCUT2D eigenvalue weighted by Gasteiger charge is 2.28. The number of amides is 1. The fourth-order valence-electron chi connectivity index (χ4n) is 4.27. The van der Waals surface area contributed by atoms with Crippen LogP contribution in [0.15, 0.2) is 48.5 Å². The maximum Gasteiger partial charge on any atom is 0.407 e. The first-order chi connectivity index (χ1) is 16.6. The lowest BCUT2D eigenvalue weighted by atomic mass is 9.98. The third kappa shape index (κ3) is 7.53. The summed E-state index contributed by atoms with van der Waals surface area (Å²) in [4.78, 5) is 12.3. The van der Waals surface area contributed by atoms with Gasteiger partial charge in [0, 0.05) is 19.1 Å². The van der Waals surface area contributed by atoms with E-state index in [9.17, 15) is 4.79 Å². The van der Waals surface area contributed by atoms with Gasteiger partial charge in [0.25, 0.3) is 0 Å². The molecule has 0 heterocycles. The Hall–Kier alpha value is -2.45. The number of hydrogen-bond acceptors (Lipinski definition) is 5. The van der Waals surface area contributed by atoms with Crippen molar-refractivity contribution in [3.63, 3.8) is 0 Å². The predicted octanol–water partition coefficient (Wildman–Crippen LogP) is 6.61. The zero-order valence-corrected chi connectivity index (χ0v) is 21.1. The van der Waals surface area contributed by atoms with Crippen LogP contribution >= 0.6 is 8.38 Å². The number of alkyl carbamates (subject to hydrolysis) is 1. The summed E-state index contributed by atoms with van der Waals surface area (Å²) >= 11 is 0. The quantitative estimate of drug-likeness (QED) is 0.242. The van der Waals surface area contributed by atoms with E-state index in [1.165, 1.54) is 22.3 Å². The Labute approximate surface area is 204 Å². The number of hydrogen-bond donors (Lipinski definition) is 1. The van der Waals surface area contributed by atoms with Crippen LogP contribution in [0.25, 0.3) is 11.1 Å². The fourth-order valence-corrected chi connectivity index (χ4v) is 5.11. The molecule has 7 heteroatoms. The molecule has 0 spiro atoms. The van der Waals surface area contributed by atoms with Crippen molar-refractivity contribution in [3.05, 3.63) is 59.7 Å². The average Bonchev–Trinajstić information content (AvgIpc) is 3.18. The van der Waals surface area contributed by atoms with Crippen LogP contribution < -0.4 is 5.32 Å². The Morgan fingerprint density at radius 3 is 2.41 bits per heavy atom. The van der Waals surface area contributed by atoms with Gasteiger partial charge in [-0.05, 0) is 41.0 Å². The van der Waals surface area contributed by atoms with Gasteiger partial charge in [-0.1, -0.05) is 68.3 Å². The van der Waals surface area contributed by atoms with Crippen LogP contribution in [0.3, 0.4) is 0 Å². The molecule has 2 atom stereocenters. The van der Waals surface area contributed by atoms with E-state index in [1.54, 1.807) is 0 Å². The van der Waals surface area contributed by atoms with Crippen molar-refractivity contribution < 1.29 is 18.6 Å². The molecule has 0 bridgehead atoms. The van der Waals surface area contributed by atoms with Gasteiger partial charge in [-0.25, -0.2) is 4.79 Å². The van der Waals surface area contributed by atoms with Crippen molar-refractivity contribution in [2.24, 2.45) is 5.92 Å². The lowest BCUT2D eigenvalue weighted by Gasteiger charge is -2.18. The highest BCUT2D eigenvalue weighted by atomic mass is 31.2. The summed E-state index contributed by atoms with van der Waals surface area (Å²) in [6.45, 7) is 6.13. The summed E-state index contributed by atoms with van der Waals surface area (Å²) in [6, 6.07) is 18.7. The number of unbranched alkanes of at least 4 members (excludes halogenated alkanes) is 1. The topological polar surface area (TPSA) is 80.6 Å². The molecule has 1 aliphatic rings. The van der Waals surface area contributed by atoms with Gasteiger partial charge in [-0.2, -0.15) is 5.26 Å². The SMILES string of the molecule is CCC(CCCCNC(=O)OCC1c2ccccc2-c2ccccc21)COP(C)OCCC#N. The minimum atomic E-state index is -0.926. The number of nitriles is 1. The molecule has 1 aliphatic carbocycles. The predicted molar refractivity (Wildman–Crippen MR) is 136 cm³/mol. The smallest absolute Gasteiger partial charge is 0.407 e. The van der Waals surface area contributed by atoms with Gasteiger partial charge in [0.15, 0.2) is 8.38 Å². The standard InChI is InChI=1S/C27H35N2O4P/c1-3-21(19-33-34(2)32-18-10-16-28)11-8-9-17-29-27(30)31-20-26-24-14-6-4-12-22(24)23-13-5-7-15-25(23)26/h4-7,12-15,21,26H,3,8-11,17-20H2,1-2H3,(H,29,30). The molecule has 2 unspecified atom stereocenters. The van der Waals surface area contributed by atoms with E-state index < -0.39 is 8.38 Å². The summed E-state index contributed by atoms with van der Waals surface area (Å²) in [5, 5.41) is 11.5. The normalized spacial score (nSPS) is 14.0. The van der Waals surface area contributed by atoms with Crippen LogP contribution in [-0.2, 0) is 13.8 Å². The number of benzene rings is 2. The molecule has 1 N–H and O–H groups in total.